The first-order valence-electron chi connectivity index (χ1n) is 6.26. The van der Waals surface area contributed by atoms with Crippen LogP contribution in [-0.2, 0) is 4.79 Å². The van der Waals surface area contributed by atoms with Gasteiger partial charge < -0.3 is 10.1 Å². The van der Waals surface area contributed by atoms with Crippen molar-refractivity contribution in [2.75, 3.05) is 13.7 Å². The molecule has 2 N–H and O–H groups in total. The minimum absolute atomic E-state index is 0.0258. The van der Waals surface area contributed by atoms with Crippen LogP contribution in [0.25, 0.3) is 0 Å². The van der Waals surface area contributed by atoms with Crippen molar-refractivity contribution in [1.82, 2.24) is 10.6 Å². The van der Waals surface area contributed by atoms with Crippen molar-refractivity contribution in [1.29, 1.82) is 0 Å². The van der Waals surface area contributed by atoms with Crippen LogP contribution in [0.3, 0.4) is 0 Å². The zero-order valence-corrected chi connectivity index (χ0v) is 11.5. The van der Waals surface area contributed by atoms with Crippen LogP contribution in [-0.4, -0.2) is 25.6 Å². The second-order valence-corrected chi connectivity index (χ2v) is 4.28. The van der Waals surface area contributed by atoms with Gasteiger partial charge in [-0.05, 0) is 38.5 Å². The summed E-state index contributed by atoms with van der Waals surface area (Å²) in [4.78, 5) is 11.6. The Morgan fingerprint density at radius 2 is 1.89 bits per heavy atom. The summed E-state index contributed by atoms with van der Waals surface area (Å²) in [5.41, 5.74) is 1.13. The van der Waals surface area contributed by atoms with Crippen molar-refractivity contribution < 1.29 is 9.53 Å². The van der Waals surface area contributed by atoms with E-state index in [0.29, 0.717) is 6.54 Å². The molecule has 1 aromatic carbocycles. The molecule has 0 saturated heterocycles. The van der Waals surface area contributed by atoms with Crippen molar-refractivity contribution >= 4 is 5.91 Å². The number of benzene rings is 1. The number of rotatable bonds is 6. The minimum Gasteiger partial charge on any atom is -0.497 e. The van der Waals surface area contributed by atoms with E-state index in [1.54, 1.807) is 7.11 Å². The summed E-state index contributed by atoms with van der Waals surface area (Å²) in [6, 6.07) is 7.76. The SMILES string of the molecule is CCNC(=O)C(C)N[C@H](C)c1ccc(OC)cc1. The second kappa shape index (κ2) is 7.01. The van der Waals surface area contributed by atoms with Gasteiger partial charge in [0.2, 0.25) is 5.91 Å². The molecule has 1 aromatic rings. The summed E-state index contributed by atoms with van der Waals surface area (Å²) in [5, 5.41) is 6.06. The van der Waals surface area contributed by atoms with Crippen LogP contribution < -0.4 is 15.4 Å². The van der Waals surface area contributed by atoms with E-state index < -0.39 is 0 Å². The Labute approximate surface area is 109 Å². The van der Waals surface area contributed by atoms with Crippen molar-refractivity contribution in [3.05, 3.63) is 29.8 Å². The predicted molar refractivity (Wildman–Crippen MR) is 72.7 cm³/mol. The van der Waals surface area contributed by atoms with Crippen molar-refractivity contribution in [3.63, 3.8) is 0 Å². The van der Waals surface area contributed by atoms with Gasteiger partial charge in [0.1, 0.15) is 5.75 Å². The molecule has 1 amide bonds. The molecule has 2 atom stereocenters. The quantitative estimate of drug-likeness (QED) is 0.810. The highest BCUT2D eigenvalue weighted by Crippen LogP contribution is 2.17. The molecule has 18 heavy (non-hydrogen) atoms. The van der Waals surface area contributed by atoms with Gasteiger partial charge >= 0.3 is 0 Å². The van der Waals surface area contributed by atoms with Crippen LogP contribution in [0.5, 0.6) is 5.75 Å². The molecule has 4 heteroatoms. The average molecular weight is 250 g/mol. The lowest BCUT2D eigenvalue weighted by Gasteiger charge is -2.19. The topological polar surface area (TPSA) is 50.4 Å². The Kier molecular flexibility index (Phi) is 5.65. The third-order valence-corrected chi connectivity index (χ3v) is 2.86. The van der Waals surface area contributed by atoms with Crippen molar-refractivity contribution in [3.8, 4) is 5.75 Å². The molecule has 0 heterocycles. The Morgan fingerprint density at radius 3 is 2.39 bits per heavy atom. The molecular formula is C14H22N2O2. The fourth-order valence-corrected chi connectivity index (χ4v) is 1.77. The van der Waals surface area contributed by atoms with Crippen LogP contribution in [0, 0.1) is 0 Å². The van der Waals surface area contributed by atoms with Gasteiger partial charge in [-0.1, -0.05) is 12.1 Å². The summed E-state index contributed by atoms with van der Waals surface area (Å²) in [6.45, 7) is 6.47. The largest absolute Gasteiger partial charge is 0.497 e. The van der Waals surface area contributed by atoms with E-state index in [-0.39, 0.29) is 18.0 Å². The number of likely N-dealkylation sites (N-methyl/N-ethyl adjacent to an activating group) is 1. The number of hydrogen-bond donors (Lipinski definition) is 2. The summed E-state index contributed by atoms with van der Waals surface area (Å²) in [6.07, 6.45) is 0. The zero-order chi connectivity index (χ0) is 13.5. The van der Waals surface area contributed by atoms with Crippen molar-refractivity contribution in [2.45, 2.75) is 32.9 Å². The number of nitrogens with one attached hydrogen (secondary N) is 2. The Bertz CT molecular complexity index is 376. The smallest absolute Gasteiger partial charge is 0.236 e. The van der Waals surface area contributed by atoms with E-state index in [4.69, 9.17) is 4.74 Å². The molecule has 0 spiro atoms. The van der Waals surface area contributed by atoms with Gasteiger partial charge in [-0.25, -0.2) is 0 Å². The van der Waals surface area contributed by atoms with E-state index in [1.165, 1.54) is 0 Å². The summed E-state index contributed by atoms with van der Waals surface area (Å²) in [7, 11) is 1.65. The molecule has 0 aromatic heterocycles. The fraction of sp³-hybridized carbons (Fsp3) is 0.500. The maximum atomic E-state index is 11.6. The monoisotopic (exact) mass is 250 g/mol. The van der Waals surface area contributed by atoms with E-state index in [1.807, 2.05) is 45.0 Å². The van der Waals surface area contributed by atoms with Gasteiger partial charge in [-0.2, -0.15) is 0 Å². The molecule has 0 bridgehead atoms. The van der Waals surface area contributed by atoms with E-state index >= 15 is 0 Å². The first-order valence-corrected chi connectivity index (χ1v) is 6.26. The molecule has 1 rings (SSSR count). The lowest BCUT2D eigenvalue weighted by atomic mass is 10.1. The van der Waals surface area contributed by atoms with E-state index in [9.17, 15) is 4.79 Å². The Balaban J connectivity index is 2.58. The van der Waals surface area contributed by atoms with Crippen LogP contribution in [0.15, 0.2) is 24.3 Å². The van der Waals surface area contributed by atoms with Gasteiger partial charge in [0.05, 0.1) is 13.2 Å². The third kappa shape index (κ3) is 4.04. The first kappa shape index (κ1) is 14.5. The van der Waals surface area contributed by atoms with Crippen LogP contribution >= 0.6 is 0 Å². The summed E-state index contributed by atoms with van der Waals surface area (Å²) >= 11 is 0. The van der Waals surface area contributed by atoms with E-state index in [2.05, 4.69) is 10.6 Å². The molecule has 0 fully saturated rings. The molecule has 0 radical (unpaired) electrons. The van der Waals surface area contributed by atoms with Crippen molar-refractivity contribution in [2.24, 2.45) is 0 Å². The normalized spacial score (nSPS) is 13.8. The highest BCUT2D eigenvalue weighted by Gasteiger charge is 2.15. The zero-order valence-electron chi connectivity index (χ0n) is 11.5. The van der Waals surface area contributed by atoms with Crippen LogP contribution in [0.4, 0.5) is 0 Å². The average Bonchev–Trinajstić information content (AvgIpc) is 2.39. The highest BCUT2D eigenvalue weighted by molar-refractivity contribution is 5.81. The van der Waals surface area contributed by atoms with Crippen LogP contribution in [0.1, 0.15) is 32.4 Å². The molecule has 0 aliphatic heterocycles. The number of methoxy groups -OCH3 is 1. The van der Waals surface area contributed by atoms with Gasteiger partial charge in [-0.3, -0.25) is 10.1 Å². The number of carbonyl (C=O) groups excluding carboxylic acids is 1. The second-order valence-electron chi connectivity index (χ2n) is 4.28. The Hall–Kier alpha value is -1.55. The van der Waals surface area contributed by atoms with Gasteiger partial charge in [-0.15, -0.1) is 0 Å². The standard InChI is InChI=1S/C14H22N2O2/c1-5-15-14(17)11(3)16-10(2)12-6-8-13(18-4)9-7-12/h6-11,16H,5H2,1-4H3,(H,15,17)/t10-,11?/m1/s1. The maximum Gasteiger partial charge on any atom is 0.236 e. The Morgan fingerprint density at radius 1 is 1.28 bits per heavy atom. The lowest BCUT2D eigenvalue weighted by molar-refractivity contribution is -0.122. The molecule has 0 aliphatic carbocycles. The number of amides is 1. The molecule has 1 unspecified atom stereocenters. The van der Waals surface area contributed by atoms with E-state index in [0.717, 1.165) is 11.3 Å². The summed E-state index contributed by atoms with van der Waals surface area (Å²) < 4.78 is 5.12. The molecule has 0 saturated carbocycles. The van der Waals surface area contributed by atoms with Gasteiger partial charge in [0.15, 0.2) is 0 Å². The molecular weight excluding hydrogens is 228 g/mol. The fourth-order valence-electron chi connectivity index (χ4n) is 1.77. The first-order chi connectivity index (χ1) is 8.58. The number of hydrogen-bond acceptors (Lipinski definition) is 3. The maximum absolute atomic E-state index is 11.6. The molecule has 4 nitrogen and oxygen atoms in total. The predicted octanol–water partition coefficient (Wildman–Crippen LogP) is 1.87. The number of ether oxygens (including phenoxy) is 1. The number of carbonyl (C=O) groups is 1. The third-order valence-electron chi connectivity index (χ3n) is 2.86. The highest BCUT2D eigenvalue weighted by atomic mass is 16.5. The van der Waals surface area contributed by atoms with Gasteiger partial charge in [0, 0.05) is 12.6 Å². The van der Waals surface area contributed by atoms with Gasteiger partial charge in [0.25, 0.3) is 0 Å². The molecule has 0 aliphatic rings. The minimum atomic E-state index is -0.206. The van der Waals surface area contributed by atoms with Crippen LogP contribution in [0.2, 0.25) is 0 Å². The summed E-state index contributed by atoms with van der Waals surface area (Å²) in [5.74, 6) is 0.862. The molecule has 100 valence electrons. The lowest BCUT2D eigenvalue weighted by Crippen LogP contribution is -2.42.